The molecule has 0 saturated carbocycles. The van der Waals surface area contributed by atoms with E-state index in [1.54, 1.807) is 25.1 Å². The molecule has 2 N–H and O–H groups in total. The highest BCUT2D eigenvalue weighted by molar-refractivity contribution is 6.17. The number of phenolic OH excluding ortho intramolecular Hbond substituents is 1. The summed E-state index contributed by atoms with van der Waals surface area (Å²) in [4.78, 5) is 11.9. The molecule has 1 aromatic carbocycles. The van der Waals surface area contributed by atoms with Crippen LogP contribution >= 0.6 is 11.6 Å². The van der Waals surface area contributed by atoms with Crippen LogP contribution in [0.1, 0.15) is 41.6 Å². The molecule has 1 amide bonds. The van der Waals surface area contributed by atoms with Crippen LogP contribution in [0.3, 0.4) is 0 Å². The molecule has 0 heterocycles. The van der Waals surface area contributed by atoms with E-state index in [1.165, 1.54) is 0 Å². The molecule has 1 rings (SSSR count). The summed E-state index contributed by atoms with van der Waals surface area (Å²) in [5.41, 5.74) is 1.16. The van der Waals surface area contributed by atoms with Crippen LogP contribution in [-0.4, -0.2) is 23.4 Å². The summed E-state index contributed by atoms with van der Waals surface area (Å²) in [5.74, 6) is 0.736. The quantitative estimate of drug-likeness (QED) is 0.590. The lowest BCUT2D eigenvalue weighted by Gasteiger charge is -2.08. The maximum atomic E-state index is 11.9. The Morgan fingerprint density at radius 2 is 2.00 bits per heavy atom. The zero-order valence-electron chi connectivity index (χ0n) is 10.7. The van der Waals surface area contributed by atoms with Gasteiger partial charge in [0.1, 0.15) is 5.75 Å². The molecule has 18 heavy (non-hydrogen) atoms. The molecular weight excluding hydrogens is 250 g/mol. The van der Waals surface area contributed by atoms with Gasteiger partial charge in [-0.2, -0.15) is 0 Å². The van der Waals surface area contributed by atoms with E-state index in [1.807, 2.05) is 0 Å². The standard InChI is InChI=1S/C14H20ClNO2/c1-11-12(7-6-8-13(11)17)14(18)16-10-5-3-2-4-9-15/h6-8,17H,2-5,9-10H2,1H3,(H,16,18). The van der Waals surface area contributed by atoms with Crippen LogP contribution in [0.4, 0.5) is 0 Å². The minimum absolute atomic E-state index is 0.124. The first-order valence-corrected chi connectivity index (χ1v) is 6.83. The van der Waals surface area contributed by atoms with Crippen molar-refractivity contribution in [2.75, 3.05) is 12.4 Å². The third-order valence-corrected chi connectivity index (χ3v) is 3.16. The fraction of sp³-hybridized carbons (Fsp3) is 0.500. The molecular formula is C14H20ClNO2. The molecule has 0 radical (unpaired) electrons. The average Bonchev–Trinajstić information content (AvgIpc) is 2.36. The number of halogens is 1. The zero-order chi connectivity index (χ0) is 13.4. The van der Waals surface area contributed by atoms with Crippen molar-refractivity contribution < 1.29 is 9.90 Å². The van der Waals surface area contributed by atoms with Gasteiger partial charge in [0.15, 0.2) is 0 Å². The Morgan fingerprint density at radius 3 is 2.72 bits per heavy atom. The van der Waals surface area contributed by atoms with Crippen molar-refractivity contribution in [2.45, 2.75) is 32.6 Å². The van der Waals surface area contributed by atoms with Gasteiger partial charge in [0.2, 0.25) is 0 Å². The molecule has 0 aliphatic carbocycles. The number of amides is 1. The summed E-state index contributed by atoms with van der Waals surface area (Å²) in [7, 11) is 0. The number of carbonyl (C=O) groups is 1. The molecule has 0 aliphatic heterocycles. The third-order valence-electron chi connectivity index (χ3n) is 2.90. The van der Waals surface area contributed by atoms with Gasteiger partial charge in [-0.05, 0) is 31.9 Å². The minimum atomic E-state index is -0.124. The highest BCUT2D eigenvalue weighted by Gasteiger charge is 2.10. The topological polar surface area (TPSA) is 49.3 Å². The smallest absolute Gasteiger partial charge is 0.251 e. The zero-order valence-corrected chi connectivity index (χ0v) is 11.5. The van der Waals surface area contributed by atoms with E-state index >= 15 is 0 Å². The Labute approximate surface area is 113 Å². The molecule has 0 aliphatic rings. The van der Waals surface area contributed by atoms with Crippen molar-refractivity contribution in [2.24, 2.45) is 0 Å². The van der Waals surface area contributed by atoms with E-state index in [0.717, 1.165) is 25.7 Å². The number of rotatable bonds is 7. The second-order valence-corrected chi connectivity index (χ2v) is 4.69. The van der Waals surface area contributed by atoms with Gasteiger partial charge in [-0.25, -0.2) is 0 Å². The second-order valence-electron chi connectivity index (χ2n) is 4.31. The molecule has 0 atom stereocenters. The van der Waals surface area contributed by atoms with Crippen LogP contribution in [0, 0.1) is 6.92 Å². The molecule has 0 spiro atoms. The van der Waals surface area contributed by atoms with Crippen LogP contribution in [0.5, 0.6) is 5.75 Å². The SMILES string of the molecule is Cc1c(O)cccc1C(=O)NCCCCCCCl. The van der Waals surface area contributed by atoms with Gasteiger partial charge in [-0.1, -0.05) is 18.9 Å². The van der Waals surface area contributed by atoms with E-state index in [-0.39, 0.29) is 11.7 Å². The van der Waals surface area contributed by atoms with Crippen molar-refractivity contribution in [1.82, 2.24) is 5.32 Å². The lowest BCUT2D eigenvalue weighted by atomic mass is 10.1. The van der Waals surface area contributed by atoms with E-state index in [0.29, 0.717) is 23.6 Å². The number of unbranched alkanes of at least 4 members (excludes halogenated alkanes) is 3. The first kappa shape index (κ1) is 14.8. The first-order valence-electron chi connectivity index (χ1n) is 6.29. The number of hydrogen-bond acceptors (Lipinski definition) is 2. The summed E-state index contributed by atoms with van der Waals surface area (Å²) in [6.07, 6.45) is 4.16. The maximum Gasteiger partial charge on any atom is 0.251 e. The van der Waals surface area contributed by atoms with Gasteiger partial charge >= 0.3 is 0 Å². The predicted octanol–water partition coefficient (Wildman–Crippen LogP) is 3.23. The van der Waals surface area contributed by atoms with Crippen molar-refractivity contribution in [3.8, 4) is 5.75 Å². The Kier molecular flexibility index (Phi) is 6.58. The van der Waals surface area contributed by atoms with E-state index < -0.39 is 0 Å². The lowest BCUT2D eigenvalue weighted by molar-refractivity contribution is 0.0952. The number of alkyl halides is 1. The van der Waals surface area contributed by atoms with E-state index in [9.17, 15) is 9.90 Å². The van der Waals surface area contributed by atoms with Crippen molar-refractivity contribution in [3.05, 3.63) is 29.3 Å². The molecule has 0 unspecified atom stereocenters. The van der Waals surface area contributed by atoms with Gasteiger partial charge in [0.25, 0.3) is 5.91 Å². The highest BCUT2D eigenvalue weighted by atomic mass is 35.5. The fourth-order valence-electron chi connectivity index (χ4n) is 1.74. The first-order chi connectivity index (χ1) is 8.66. The predicted molar refractivity (Wildman–Crippen MR) is 74.4 cm³/mol. The second kappa shape index (κ2) is 7.98. The number of nitrogens with one attached hydrogen (secondary N) is 1. The fourth-order valence-corrected chi connectivity index (χ4v) is 1.93. The number of hydrogen-bond donors (Lipinski definition) is 2. The molecule has 0 saturated heterocycles. The van der Waals surface area contributed by atoms with Gasteiger partial charge < -0.3 is 10.4 Å². The summed E-state index contributed by atoms with van der Waals surface area (Å²) in [6.45, 7) is 2.40. The van der Waals surface area contributed by atoms with Crippen LogP contribution in [0.25, 0.3) is 0 Å². The van der Waals surface area contributed by atoms with Crippen molar-refractivity contribution in [1.29, 1.82) is 0 Å². The number of carbonyl (C=O) groups excluding carboxylic acids is 1. The molecule has 4 heteroatoms. The maximum absolute atomic E-state index is 11.9. The molecule has 1 aromatic rings. The van der Waals surface area contributed by atoms with Crippen molar-refractivity contribution >= 4 is 17.5 Å². The summed E-state index contributed by atoms with van der Waals surface area (Å²) in [6, 6.07) is 4.98. The molecule has 100 valence electrons. The normalized spacial score (nSPS) is 10.3. The van der Waals surface area contributed by atoms with Crippen molar-refractivity contribution in [3.63, 3.8) is 0 Å². The highest BCUT2D eigenvalue weighted by Crippen LogP contribution is 2.19. The minimum Gasteiger partial charge on any atom is -0.508 e. The Bertz CT molecular complexity index is 393. The van der Waals surface area contributed by atoms with Gasteiger partial charge in [-0.3, -0.25) is 4.79 Å². The average molecular weight is 270 g/mol. The van der Waals surface area contributed by atoms with E-state index in [2.05, 4.69) is 5.32 Å². The van der Waals surface area contributed by atoms with Crippen LogP contribution in [0.2, 0.25) is 0 Å². The van der Waals surface area contributed by atoms with Gasteiger partial charge in [0.05, 0.1) is 0 Å². The molecule has 0 bridgehead atoms. The molecule has 3 nitrogen and oxygen atoms in total. The van der Waals surface area contributed by atoms with Crippen LogP contribution in [0.15, 0.2) is 18.2 Å². The largest absolute Gasteiger partial charge is 0.508 e. The van der Waals surface area contributed by atoms with Gasteiger partial charge in [0, 0.05) is 23.6 Å². The Balaban J connectivity index is 2.35. The number of benzene rings is 1. The van der Waals surface area contributed by atoms with Crippen LogP contribution in [-0.2, 0) is 0 Å². The summed E-state index contributed by atoms with van der Waals surface area (Å²) < 4.78 is 0. The Morgan fingerprint density at radius 1 is 1.28 bits per heavy atom. The lowest BCUT2D eigenvalue weighted by Crippen LogP contribution is -2.25. The summed E-state index contributed by atoms with van der Waals surface area (Å²) >= 11 is 5.58. The molecule has 0 aromatic heterocycles. The van der Waals surface area contributed by atoms with E-state index in [4.69, 9.17) is 11.6 Å². The number of aromatic hydroxyl groups is 1. The summed E-state index contributed by atoms with van der Waals surface area (Å²) in [5, 5.41) is 12.4. The monoisotopic (exact) mass is 269 g/mol. The number of phenols is 1. The van der Waals surface area contributed by atoms with Gasteiger partial charge in [-0.15, -0.1) is 11.6 Å². The molecule has 0 fully saturated rings. The third kappa shape index (κ3) is 4.57. The van der Waals surface area contributed by atoms with Crippen LogP contribution < -0.4 is 5.32 Å². The Hall–Kier alpha value is -1.22.